The molecule has 0 saturated carbocycles. The van der Waals surface area contributed by atoms with Crippen LogP contribution in [0.4, 0.5) is 24.5 Å². The molecule has 2 N–H and O–H groups in total. The number of para-hydroxylation sites is 1. The van der Waals surface area contributed by atoms with Crippen molar-refractivity contribution in [2.45, 2.75) is 25.4 Å². The van der Waals surface area contributed by atoms with Gasteiger partial charge in [0.25, 0.3) is 5.56 Å². The minimum absolute atomic E-state index is 0.0148. The van der Waals surface area contributed by atoms with E-state index >= 15 is 0 Å². The number of alkyl halides is 3. The second-order valence-corrected chi connectivity index (χ2v) is 7.76. The summed E-state index contributed by atoms with van der Waals surface area (Å²) in [5, 5.41) is 2.85. The van der Waals surface area contributed by atoms with Crippen LogP contribution in [0.2, 0.25) is 0 Å². The van der Waals surface area contributed by atoms with Gasteiger partial charge in [0.2, 0.25) is 5.91 Å². The van der Waals surface area contributed by atoms with E-state index in [1.165, 1.54) is 6.07 Å². The number of ether oxygens (including phenoxy) is 1. The van der Waals surface area contributed by atoms with Gasteiger partial charge in [-0.1, -0.05) is 12.1 Å². The zero-order chi connectivity index (χ0) is 23.4. The molecule has 0 aliphatic carbocycles. The lowest BCUT2D eigenvalue weighted by Gasteiger charge is -2.29. The minimum Gasteiger partial charge on any atom is -0.378 e. The summed E-state index contributed by atoms with van der Waals surface area (Å²) in [5.74, 6) is -0.111. The van der Waals surface area contributed by atoms with Crippen molar-refractivity contribution in [2.75, 3.05) is 36.5 Å². The molecule has 0 unspecified atom stereocenters. The van der Waals surface area contributed by atoms with E-state index in [0.717, 1.165) is 6.07 Å². The summed E-state index contributed by atoms with van der Waals surface area (Å²) in [6.45, 7) is 1.93. The maximum Gasteiger partial charge on any atom is 0.418 e. The van der Waals surface area contributed by atoms with Crippen molar-refractivity contribution in [3.8, 4) is 0 Å². The van der Waals surface area contributed by atoms with Gasteiger partial charge in [0.05, 0.1) is 35.4 Å². The van der Waals surface area contributed by atoms with Crippen LogP contribution in [0.3, 0.4) is 0 Å². The number of rotatable bonds is 6. The van der Waals surface area contributed by atoms with Gasteiger partial charge in [0.1, 0.15) is 5.82 Å². The first-order valence-corrected chi connectivity index (χ1v) is 10.6. The van der Waals surface area contributed by atoms with Gasteiger partial charge in [0, 0.05) is 31.6 Å². The van der Waals surface area contributed by atoms with Crippen molar-refractivity contribution < 1.29 is 22.7 Å². The summed E-state index contributed by atoms with van der Waals surface area (Å²) in [7, 11) is 0. The van der Waals surface area contributed by atoms with Crippen LogP contribution in [0.1, 0.15) is 24.2 Å². The Hall–Kier alpha value is -3.40. The molecule has 2 aromatic carbocycles. The Labute approximate surface area is 187 Å². The van der Waals surface area contributed by atoms with Crippen LogP contribution >= 0.6 is 0 Å². The Morgan fingerprint density at radius 1 is 1.15 bits per heavy atom. The Morgan fingerprint density at radius 2 is 1.91 bits per heavy atom. The Morgan fingerprint density at radius 3 is 2.67 bits per heavy atom. The highest BCUT2D eigenvalue weighted by Crippen LogP contribution is 2.37. The number of aromatic amines is 1. The van der Waals surface area contributed by atoms with E-state index in [4.69, 9.17) is 4.74 Å². The molecule has 33 heavy (non-hydrogen) atoms. The molecule has 4 rings (SSSR count). The predicted octanol–water partition coefficient (Wildman–Crippen LogP) is 3.74. The van der Waals surface area contributed by atoms with E-state index in [-0.39, 0.29) is 17.7 Å². The molecule has 1 aliphatic heterocycles. The summed E-state index contributed by atoms with van der Waals surface area (Å²) in [5.41, 5.74) is -0.442. The van der Waals surface area contributed by atoms with Crippen molar-refractivity contribution in [1.29, 1.82) is 0 Å². The van der Waals surface area contributed by atoms with Crippen molar-refractivity contribution >= 4 is 28.2 Å². The number of fused-ring (bicyclic) bond motifs is 1. The number of morpholine rings is 1. The van der Waals surface area contributed by atoms with E-state index in [1.807, 2.05) is 4.90 Å². The molecule has 0 atom stereocenters. The standard InChI is InChI=1S/C23H23F3N4O3/c24-23(25,26)17-14-15(30-10-12-33-13-11-30)8-9-19(17)28-21(31)7-3-6-20-27-18-5-2-1-4-16(18)22(32)29-20/h1-2,4-5,8-9,14H,3,6-7,10-13H2,(H,28,31)(H,27,29,32). The summed E-state index contributed by atoms with van der Waals surface area (Å²) in [6, 6.07) is 10.8. The summed E-state index contributed by atoms with van der Waals surface area (Å²) in [6.07, 6.45) is -3.99. The van der Waals surface area contributed by atoms with E-state index in [1.54, 1.807) is 30.3 Å². The maximum atomic E-state index is 13.6. The van der Waals surface area contributed by atoms with Gasteiger partial charge in [-0.2, -0.15) is 13.2 Å². The van der Waals surface area contributed by atoms with Gasteiger partial charge < -0.3 is 19.9 Å². The fourth-order valence-electron chi connectivity index (χ4n) is 3.78. The molecule has 2 heterocycles. The van der Waals surface area contributed by atoms with Gasteiger partial charge in [-0.25, -0.2) is 4.98 Å². The molecule has 1 saturated heterocycles. The first-order chi connectivity index (χ1) is 15.8. The average molecular weight is 460 g/mol. The molecule has 0 spiro atoms. The number of H-pyrrole nitrogens is 1. The average Bonchev–Trinajstić information content (AvgIpc) is 2.79. The van der Waals surface area contributed by atoms with Gasteiger partial charge in [-0.05, 0) is 36.8 Å². The van der Waals surface area contributed by atoms with Crippen LogP contribution in [0.25, 0.3) is 10.9 Å². The number of hydrogen-bond acceptors (Lipinski definition) is 5. The third-order valence-corrected chi connectivity index (χ3v) is 5.44. The largest absolute Gasteiger partial charge is 0.418 e. The Kier molecular flexibility index (Phi) is 6.64. The quantitative estimate of drug-likeness (QED) is 0.585. The molecule has 1 amide bonds. The van der Waals surface area contributed by atoms with Crippen molar-refractivity contribution in [3.63, 3.8) is 0 Å². The number of anilines is 2. The lowest BCUT2D eigenvalue weighted by molar-refractivity contribution is -0.136. The molecule has 10 heteroatoms. The molecule has 174 valence electrons. The van der Waals surface area contributed by atoms with Crippen LogP contribution < -0.4 is 15.8 Å². The van der Waals surface area contributed by atoms with E-state index in [0.29, 0.717) is 61.6 Å². The number of nitrogens with one attached hydrogen (secondary N) is 2. The van der Waals surface area contributed by atoms with Crippen LogP contribution in [0.5, 0.6) is 0 Å². The lowest BCUT2D eigenvalue weighted by Crippen LogP contribution is -2.36. The van der Waals surface area contributed by atoms with Crippen LogP contribution in [-0.2, 0) is 22.1 Å². The molecule has 1 fully saturated rings. The van der Waals surface area contributed by atoms with Gasteiger partial charge in [-0.3, -0.25) is 9.59 Å². The van der Waals surface area contributed by atoms with Crippen LogP contribution in [0, 0.1) is 0 Å². The predicted molar refractivity (Wildman–Crippen MR) is 118 cm³/mol. The normalized spacial score (nSPS) is 14.5. The smallest absolute Gasteiger partial charge is 0.378 e. The van der Waals surface area contributed by atoms with Crippen molar-refractivity contribution in [3.05, 3.63) is 64.2 Å². The fraction of sp³-hybridized carbons (Fsp3) is 0.348. The highest BCUT2D eigenvalue weighted by Gasteiger charge is 2.34. The molecule has 0 bridgehead atoms. The van der Waals surface area contributed by atoms with E-state index in [9.17, 15) is 22.8 Å². The monoisotopic (exact) mass is 460 g/mol. The fourth-order valence-corrected chi connectivity index (χ4v) is 3.78. The summed E-state index contributed by atoms with van der Waals surface area (Å²) < 4.78 is 46.2. The number of carbonyl (C=O) groups excluding carboxylic acids is 1. The third kappa shape index (κ3) is 5.51. The summed E-state index contributed by atoms with van der Waals surface area (Å²) >= 11 is 0. The van der Waals surface area contributed by atoms with Crippen molar-refractivity contribution in [2.24, 2.45) is 0 Å². The summed E-state index contributed by atoms with van der Waals surface area (Å²) in [4.78, 5) is 33.3. The number of halogens is 3. The van der Waals surface area contributed by atoms with Crippen molar-refractivity contribution in [1.82, 2.24) is 9.97 Å². The van der Waals surface area contributed by atoms with Gasteiger partial charge >= 0.3 is 6.18 Å². The van der Waals surface area contributed by atoms with E-state index < -0.39 is 17.6 Å². The molecular weight excluding hydrogens is 437 g/mol. The number of aromatic nitrogens is 2. The molecular formula is C23H23F3N4O3. The first kappa shape index (κ1) is 22.8. The lowest BCUT2D eigenvalue weighted by atomic mass is 10.1. The number of aryl methyl sites for hydroxylation is 1. The number of benzene rings is 2. The van der Waals surface area contributed by atoms with Gasteiger partial charge in [0.15, 0.2) is 0 Å². The first-order valence-electron chi connectivity index (χ1n) is 10.6. The highest BCUT2D eigenvalue weighted by molar-refractivity contribution is 5.92. The topological polar surface area (TPSA) is 87.3 Å². The van der Waals surface area contributed by atoms with E-state index in [2.05, 4.69) is 15.3 Å². The van der Waals surface area contributed by atoms with Crippen LogP contribution in [0.15, 0.2) is 47.3 Å². The second-order valence-electron chi connectivity index (χ2n) is 7.76. The highest BCUT2D eigenvalue weighted by atomic mass is 19.4. The minimum atomic E-state index is -4.61. The number of nitrogens with zero attached hydrogens (tertiary/aromatic N) is 2. The molecule has 1 aliphatic rings. The molecule has 0 radical (unpaired) electrons. The molecule has 3 aromatic rings. The number of amides is 1. The third-order valence-electron chi connectivity index (χ3n) is 5.44. The molecule has 1 aromatic heterocycles. The maximum absolute atomic E-state index is 13.6. The Bertz CT molecular complexity index is 1200. The number of hydrogen-bond donors (Lipinski definition) is 2. The van der Waals surface area contributed by atoms with Crippen LogP contribution in [-0.4, -0.2) is 42.2 Å². The SMILES string of the molecule is O=C(CCCc1nc2ccccc2c(=O)[nH]1)Nc1ccc(N2CCOCC2)cc1C(F)(F)F. The number of carbonyl (C=O) groups is 1. The Balaban J connectivity index is 1.41. The van der Waals surface area contributed by atoms with Gasteiger partial charge in [-0.15, -0.1) is 0 Å². The zero-order valence-corrected chi connectivity index (χ0v) is 17.7. The molecule has 7 nitrogen and oxygen atoms in total. The second kappa shape index (κ2) is 9.62. The zero-order valence-electron chi connectivity index (χ0n) is 17.7.